The fourth-order valence-corrected chi connectivity index (χ4v) is 9.29. The van der Waals surface area contributed by atoms with E-state index in [1.165, 1.54) is 4.90 Å². The van der Waals surface area contributed by atoms with E-state index in [1.807, 2.05) is 42.1 Å². The highest BCUT2D eigenvalue weighted by atomic mass is 19.1. The number of anilines is 1. The minimum absolute atomic E-state index is 0.0545. The monoisotopic (exact) mass is 772 g/mol. The first-order valence-corrected chi connectivity index (χ1v) is 20.2. The van der Waals surface area contributed by atoms with Gasteiger partial charge in [0.1, 0.15) is 29.9 Å². The number of aromatic nitrogens is 4. The van der Waals surface area contributed by atoms with E-state index in [9.17, 15) is 9.90 Å². The quantitative estimate of drug-likeness (QED) is 0.149. The van der Waals surface area contributed by atoms with Gasteiger partial charge in [-0.1, -0.05) is 18.1 Å². The number of benzene rings is 3. The lowest BCUT2D eigenvalue weighted by Crippen LogP contribution is -2.48. The van der Waals surface area contributed by atoms with Crippen LogP contribution in [-0.2, 0) is 16.1 Å². The normalized spacial score (nSPS) is 22.4. The largest absolute Gasteiger partial charge is 0.486 e. The molecular weight excluding hydrogens is 728 g/mol. The third kappa shape index (κ3) is 6.48. The van der Waals surface area contributed by atoms with E-state index < -0.39 is 6.09 Å². The van der Waals surface area contributed by atoms with Crippen molar-refractivity contribution in [1.29, 1.82) is 0 Å². The van der Waals surface area contributed by atoms with Gasteiger partial charge in [0.25, 0.3) is 0 Å². The van der Waals surface area contributed by atoms with E-state index in [0.29, 0.717) is 80.3 Å². The van der Waals surface area contributed by atoms with Crippen LogP contribution in [0.25, 0.3) is 32.9 Å². The molecule has 294 valence electrons. The molecule has 2 aromatic heterocycles. The SMILES string of the molecule is C#Cc1ccc(COc2c(-c3c(C)c(F)cc4c3cnn4C3CCCCO3)c(C3CC3)cc3c(N4C[C@@H]5C[C@H]4CN5C(=O)O)nc(OC4CCOCC4)nc23)cc1. The van der Waals surface area contributed by atoms with Crippen molar-refractivity contribution in [3.63, 3.8) is 0 Å². The molecule has 1 N–H and O–H groups in total. The summed E-state index contributed by atoms with van der Waals surface area (Å²) in [6, 6.07) is 11.5. The second kappa shape index (κ2) is 14.5. The second-order valence-electron chi connectivity index (χ2n) is 16.1. The van der Waals surface area contributed by atoms with Gasteiger partial charge in [-0.2, -0.15) is 15.1 Å². The van der Waals surface area contributed by atoms with E-state index in [-0.39, 0.29) is 48.8 Å². The number of likely N-dealkylation sites (tertiary alicyclic amines) is 1. The Kier molecular flexibility index (Phi) is 9.13. The van der Waals surface area contributed by atoms with Gasteiger partial charge >= 0.3 is 12.1 Å². The zero-order chi connectivity index (χ0) is 38.8. The van der Waals surface area contributed by atoms with Crippen LogP contribution >= 0.6 is 0 Å². The Balaban J connectivity index is 1.21. The van der Waals surface area contributed by atoms with Crippen LogP contribution in [0.2, 0.25) is 0 Å². The second-order valence-corrected chi connectivity index (χ2v) is 16.1. The van der Waals surface area contributed by atoms with Crippen molar-refractivity contribution < 1.29 is 33.2 Å². The van der Waals surface area contributed by atoms with Crippen molar-refractivity contribution in [2.75, 3.05) is 37.8 Å². The Morgan fingerprint density at radius 3 is 2.53 bits per heavy atom. The minimum atomic E-state index is -0.903. The van der Waals surface area contributed by atoms with Gasteiger partial charge in [0.15, 0.2) is 12.0 Å². The molecule has 5 fully saturated rings. The zero-order valence-corrected chi connectivity index (χ0v) is 32.0. The molecule has 1 aliphatic carbocycles. The maximum Gasteiger partial charge on any atom is 0.407 e. The summed E-state index contributed by atoms with van der Waals surface area (Å²) in [5.41, 5.74) is 5.94. The van der Waals surface area contributed by atoms with Crippen LogP contribution < -0.4 is 14.4 Å². The fourth-order valence-electron chi connectivity index (χ4n) is 9.29. The minimum Gasteiger partial charge on any atom is -0.486 e. The van der Waals surface area contributed by atoms with Crippen LogP contribution in [0, 0.1) is 25.1 Å². The first-order valence-electron chi connectivity index (χ1n) is 20.2. The maximum absolute atomic E-state index is 16.5. The molecule has 13 heteroatoms. The maximum atomic E-state index is 16.5. The van der Waals surface area contributed by atoms with E-state index in [0.717, 1.165) is 70.7 Å². The Hall–Kier alpha value is -5.45. The number of carboxylic acid groups (broad SMARTS) is 1. The Morgan fingerprint density at radius 2 is 1.82 bits per heavy atom. The average molecular weight is 773 g/mol. The summed E-state index contributed by atoms with van der Waals surface area (Å²) < 4.78 is 43.7. The first-order chi connectivity index (χ1) is 27.8. The van der Waals surface area contributed by atoms with Crippen molar-refractivity contribution >= 4 is 33.7 Å². The Bertz CT molecular complexity index is 2410. The van der Waals surface area contributed by atoms with Crippen LogP contribution in [0.3, 0.4) is 0 Å². The summed E-state index contributed by atoms with van der Waals surface area (Å²) in [5, 5.41) is 16.4. The summed E-state index contributed by atoms with van der Waals surface area (Å²) >= 11 is 0. The van der Waals surface area contributed by atoms with Crippen LogP contribution in [0.5, 0.6) is 11.8 Å². The number of amides is 1. The van der Waals surface area contributed by atoms with Gasteiger partial charge in [-0.05, 0) is 86.3 Å². The summed E-state index contributed by atoms with van der Waals surface area (Å²) in [6.45, 7) is 4.72. The number of halogens is 1. The van der Waals surface area contributed by atoms with Gasteiger partial charge in [0.2, 0.25) is 0 Å². The van der Waals surface area contributed by atoms with E-state index in [4.69, 9.17) is 40.4 Å². The molecule has 4 aliphatic heterocycles. The van der Waals surface area contributed by atoms with E-state index in [2.05, 4.69) is 16.9 Å². The highest BCUT2D eigenvalue weighted by Crippen LogP contribution is 2.54. The number of hydrogen-bond acceptors (Lipinski definition) is 9. The van der Waals surface area contributed by atoms with Crippen molar-refractivity contribution in [3.05, 3.63) is 70.7 Å². The predicted molar refractivity (Wildman–Crippen MR) is 211 cm³/mol. The molecule has 2 bridgehead atoms. The number of piperazine rings is 1. The van der Waals surface area contributed by atoms with Crippen molar-refractivity contribution in [1.82, 2.24) is 24.6 Å². The number of ether oxygens (including phenoxy) is 4. The standard InChI is InChI=1S/C44H45FN6O6/c1-3-26-7-9-27(10-8-26)24-56-41-39(38-25(2)35(45)20-36-34(38)21-46-51(36)37-6-4-5-15-55-37)32(28-11-12-28)19-33-40(41)47-43(57-31-13-16-54-17-14-31)48-42(33)49-22-30-18-29(49)23-50(30)44(52)53/h1,7-10,19-21,28-31,37H,4-6,11-18,22-24H2,2H3,(H,52,53)/t29-,30-,37?/m0/s1. The lowest BCUT2D eigenvalue weighted by Gasteiger charge is -2.34. The molecule has 4 saturated heterocycles. The lowest BCUT2D eigenvalue weighted by atomic mass is 9.88. The molecule has 57 heavy (non-hydrogen) atoms. The Morgan fingerprint density at radius 1 is 1.00 bits per heavy atom. The van der Waals surface area contributed by atoms with Gasteiger partial charge in [0, 0.05) is 66.1 Å². The topological polar surface area (TPSA) is 124 Å². The first kappa shape index (κ1) is 35.9. The average Bonchev–Trinajstić information content (AvgIpc) is 3.67. The van der Waals surface area contributed by atoms with Gasteiger partial charge in [-0.3, -0.25) is 0 Å². The molecule has 12 nitrogen and oxygen atoms in total. The van der Waals surface area contributed by atoms with Crippen molar-refractivity contribution in [2.45, 2.75) is 95.2 Å². The molecule has 1 unspecified atom stereocenters. The van der Waals surface area contributed by atoms with Crippen LogP contribution in [0.15, 0.2) is 42.6 Å². The van der Waals surface area contributed by atoms with Gasteiger partial charge < -0.3 is 33.9 Å². The van der Waals surface area contributed by atoms with Crippen LogP contribution in [0.4, 0.5) is 15.0 Å². The number of fused-ring (bicyclic) bond motifs is 4. The summed E-state index contributed by atoms with van der Waals surface area (Å²) in [6.07, 6.45) is 13.1. The number of terminal acetylenes is 1. The Labute approximate surface area is 329 Å². The van der Waals surface area contributed by atoms with Crippen LogP contribution in [0.1, 0.15) is 85.8 Å². The van der Waals surface area contributed by atoms with Crippen molar-refractivity contribution in [2.24, 2.45) is 0 Å². The smallest absolute Gasteiger partial charge is 0.407 e. The van der Waals surface area contributed by atoms with Gasteiger partial charge in [-0.15, -0.1) is 6.42 Å². The molecule has 1 saturated carbocycles. The van der Waals surface area contributed by atoms with Crippen LogP contribution in [-0.4, -0.2) is 86.9 Å². The lowest BCUT2D eigenvalue weighted by molar-refractivity contribution is -0.0366. The fraction of sp³-hybridized carbons (Fsp3) is 0.455. The number of nitrogens with zero attached hydrogens (tertiary/aromatic N) is 6. The molecule has 3 aromatic carbocycles. The molecule has 0 spiro atoms. The van der Waals surface area contributed by atoms with E-state index in [1.54, 1.807) is 6.07 Å². The number of hydrogen-bond donors (Lipinski definition) is 1. The third-order valence-corrected chi connectivity index (χ3v) is 12.4. The molecule has 3 atom stereocenters. The highest BCUT2D eigenvalue weighted by molar-refractivity contribution is 6.06. The summed E-state index contributed by atoms with van der Waals surface area (Å²) in [4.78, 5) is 26.2. The predicted octanol–water partition coefficient (Wildman–Crippen LogP) is 7.73. The van der Waals surface area contributed by atoms with Gasteiger partial charge in [-0.25, -0.2) is 13.9 Å². The highest BCUT2D eigenvalue weighted by Gasteiger charge is 2.47. The summed E-state index contributed by atoms with van der Waals surface area (Å²) in [5.74, 6) is 3.77. The molecule has 5 aromatic rings. The summed E-state index contributed by atoms with van der Waals surface area (Å²) in [7, 11) is 0. The van der Waals surface area contributed by atoms with Crippen molar-refractivity contribution in [3.8, 4) is 35.2 Å². The molecule has 0 radical (unpaired) electrons. The molecule has 6 heterocycles. The number of rotatable bonds is 9. The molecule has 10 rings (SSSR count). The molecular formula is C44H45FN6O6. The zero-order valence-electron chi connectivity index (χ0n) is 32.0. The van der Waals surface area contributed by atoms with Gasteiger partial charge in [0.05, 0.1) is 37.0 Å². The third-order valence-electron chi connectivity index (χ3n) is 12.4. The van der Waals surface area contributed by atoms with E-state index >= 15 is 4.39 Å². The molecule has 1 amide bonds. The number of carbonyl (C=O) groups is 1. The molecule has 5 aliphatic rings.